The quantitative estimate of drug-likeness (QED) is 0.633. The van der Waals surface area contributed by atoms with E-state index in [4.69, 9.17) is 0 Å². The van der Waals surface area contributed by atoms with Gasteiger partial charge in [0.2, 0.25) is 0 Å². The molecule has 0 aromatic carbocycles. The SMILES string of the molecule is CCC1(C)CC2(CN(C(C)C)C2)C1. The molecule has 1 aliphatic heterocycles. The van der Waals surface area contributed by atoms with E-state index in [-0.39, 0.29) is 0 Å². The van der Waals surface area contributed by atoms with Gasteiger partial charge in [0.05, 0.1) is 0 Å². The Labute approximate surface area is 82.5 Å². The van der Waals surface area contributed by atoms with Crippen LogP contribution >= 0.6 is 0 Å². The van der Waals surface area contributed by atoms with Gasteiger partial charge in [0.1, 0.15) is 0 Å². The molecule has 0 amide bonds. The number of likely N-dealkylation sites (tertiary alicyclic amines) is 1. The molecule has 1 nitrogen and oxygen atoms in total. The zero-order valence-electron chi connectivity index (χ0n) is 9.56. The first-order valence-corrected chi connectivity index (χ1v) is 5.73. The summed E-state index contributed by atoms with van der Waals surface area (Å²) in [6, 6.07) is 0.763. The van der Waals surface area contributed by atoms with Crippen LogP contribution < -0.4 is 0 Å². The fraction of sp³-hybridized carbons (Fsp3) is 1.00. The summed E-state index contributed by atoms with van der Waals surface area (Å²) in [5.41, 5.74) is 1.46. The minimum absolute atomic E-state index is 0.697. The van der Waals surface area contributed by atoms with Gasteiger partial charge < -0.3 is 0 Å². The summed E-state index contributed by atoms with van der Waals surface area (Å²) < 4.78 is 0. The molecule has 0 aromatic rings. The first kappa shape index (κ1) is 9.51. The molecular weight excluding hydrogens is 158 g/mol. The van der Waals surface area contributed by atoms with Gasteiger partial charge in [0.15, 0.2) is 0 Å². The molecule has 2 aliphatic rings. The Kier molecular flexibility index (Phi) is 1.99. The van der Waals surface area contributed by atoms with Gasteiger partial charge in [-0.1, -0.05) is 20.3 Å². The highest BCUT2D eigenvalue weighted by Crippen LogP contribution is 2.60. The molecule has 1 saturated carbocycles. The van der Waals surface area contributed by atoms with Crippen molar-refractivity contribution in [3.63, 3.8) is 0 Å². The summed E-state index contributed by atoms with van der Waals surface area (Å²) in [5, 5.41) is 0. The fourth-order valence-corrected chi connectivity index (χ4v) is 3.41. The van der Waals surface area contributed by atoms with Crippen molar-refractivity contribution in [2.24, 2.45) is 10.8 Å². The second-order valence-corrected chi connectivity index (χ2v) is 6.02. The van der Waals surface area contributed by atoms with Crippen LogP contribution in [0.5, 0.6) is 0 Å². The summed E-state index contributed by atoms with van der Waals surface area (Å²) in [6.07, 6.45) is 4.34. The van der Waals surface area contributed by atoms with Crippen LogP contribution in [0.4, 0.5) is 0 Å². The van der Waals surface area contributed by atoms with E-state index in [0.717, 1.165) is 11.5 Å². The van der Waals surface area contributed by atoms with E-state index in [1.807, 2.05) is 0 Å². The van der Waals surface area contributed by atoms with Crippen LogP contribution in [-0.4, -0.2) is 24.0 Å². The molecule has 13 heavy (non-hydrogen) atoms. The summed E-state index contributed by atoms with van der Waals surface area (Å²) in [6.45, 7) is 12.2. The van der Waals surface area contributed by atoms with Crippen molar-refractivity contribution in [1.29, 1.82) is 0 Å². The Morgan fingerprint density at radius 1 is 1.23 bits per heavy atom. The Balaban J connectivity index is 1.82. The molecule has 1 heteroatoms. The summed E-state index contributed by atoms with van der Waals surface area (Å²) in [5.74, 6) is 0. The van der Waals surface area contributed by atoms with Gasteiger partial charge in [-0.15, -0.1) is 0 Å². The number of rotatable bonds is 2. The maximum Gasteiger partial charge on any atom is 0.00536 e. The smallest absolute Gasteiger partial charge is 0.00536 e. The highest BCUT2D eigenvalue weighted by molar-refractivity contribution is 5.09. The fourth-order valence-electron chi connectivity index (χ4n) is 3.41. The van der Waals surface area contributed by atoms with Gasteiger partial charge >= 0.3 is 0 Å². The average molecular weight is 181 g/mol. The van der Waals surface area contributed by atoms with Gasteiger partial charge in [0.25, 0.3) is 0 Å². The van der Waals surface area contributed by atoms with Gasteiger partial charge in [-0.3, -0.25) is 4.90 Å². The van der Waals surface area contributed by atoms with E-state index in [1.54, 1.807) is 0 Å². The molecule has 1 saturated heterocycles. The van der Waals surface area contributed by atoms with E-state index in [1.165, 1.54) is 32.4 Å². The standard InChI is InChI=1S/C12H23N/c1-5-11(4)6-12(7-11)8-13(9-12)10(2)3/h10H,5-9H2,1-4H3. The Morgan fingerprint density at radius 2 is 1.77 bits per heavy atom. The van der Waals surface area contributed by atoms with Crippen molar-refractivity contribution in [3.8, 4) is 0 Å². The number of hydrogen-bond acceptors (Lipinski definition) is 1. The van der Waals surface area contributed by atoms with Crippen molar-refractivity contribution < 1.29 is 0 Å². The normalized spacial score (nSPS) is 30.2. The predicted molar refractivity (Wildman–Crippen MR) is 56.8 cm³/mol. The lowest BCUT2D eigenvalue weighted by atomic mass is 9.49. The van der Waals surface area contributed by atoms with E-state index in [9.17, 15) is 0 Å². The largest absolute Gasteiger partial charge is 0.300 e. The van der Waals surface area contributed by atoms with Crippen LogP contribution in [0.3, 0.4) is 0 Å². The lowest BCUT2D eigenvalue weighted by Crippen LogP contribution is -2.66. The molecule has 1 heterocycles. The molecule has 0 aromatic heterocycles. The van der Waals surface area contributed by atoms with E-state index in [0.29, 0.717) is 5.41 Å². The average Bonchev–Trinajstić information content (AvgIpc) is 1.93. The predicted octanol–water partition coefficient (Wildman–Crippen LogP) is 2.91. The zero-order valence-corrected chi connectivity index (χ0v) is 9.56. The second-order valence-electron chi connectivity index (χ2n) is 6.02. The molecule has 1 spiro atoms. The van der Waals surface area contributed by atoms with E-state index >= 15 is 0 Å². The van der Waals surface area contributed by atoms with Crippen molar-refractivity contribution in [3.05, 3.63) is 0 Å². The van der Waals surface area contributed by atoms with Crippen molar-refractivity contribution >= 4 is 0 Å². The number of nitrogens with zero attached hydrogens (tertiary/aromatic N) is 1. The Morgan fingerprint density at radius 3 is 2.15 bits per heavy atom. The lowest BCUT2D eigenvalue weighted by molar-refractivity contribution is -0.147. The van der Waals surface area contributed by atoms with Crippen LogP contribution in [0, 0.1) is 10.8 Å². The maximum atomic E-state index is 2.61. The summed E-state index contributed by atoms with van der Waals surface area (Å²) in [4.78, 5) is 2.61. The molecule has 1 aliphatic carbocycles. The van der Waals surface area contributed by atoms with Crippen LogP contribution in [0.25, 0.3) is 0 Å². The minimum Gasteiger partial charge on any atom is -0.300 e. The van der Waals surface area contributed by atoms with E-state index in [2.05, 4.69) is 32.6 Å². The molecule has 2 rings (SSSR count). The molecular formula is C12H23N. The first-order valence-electron chi connectivity index (χ1n) is 5.73. The number of hydrogen-bond donors (Lipinski definition) is 0. The highest BCUT2D eigenvalue weighted by atomic mass is 15.2. The van der Waals surface area contributed by atoms with Gasteiger partial charge in [-0.25, -0.2) is 0 Å². The topological polar surface area (TPSA) is 3.24 Å². The van der Waals surface area contributed by atoms with Crippen LogP contribution in [0.2, 0.25) is 0 Å². The third-order valence-electron chi connectivity index (χ3n) is 4.26. The molecule has 0 unspecified atom stereocenters. The van der Waals surface area contributed by atoms with Crippen LogP contribution in [0.1, 0.15) is 47.0 Å². The lowest BCUT2D eigenvalue weighted by Gasteiger charge is -2.64. The van der Waals surface area contributed by atoms with Gasteiger partial charge in [-0.2, -0.15) is 0 Å². The third-order valence-corrected chi connectivity index (χ3v) is 4.26. The van der Waals surface area contributed by atoms with Crippen LogP contribution in [0.15, 0.2) is 0 Å². The van der Waals surface area contributed by atoms with Gasteiger partial charge in [-0.05, 0) is 37.5 Å². The second kappa shape index (κ2) is 2.73. The molecule has 2 fully saturated rings. The van der Waals surface area contributed by atoms with Crippen molar-refractivity contribution in [2.45, 2.75) is 53.0 Å². The minimum atomic E-state index is 0.697. The summed E-state index contributed by atoms with van der Waals surface area (Å²) in [7, 11) is 0. The molecule has 0 N–H and O–H groups in total. The third kappa shape index (κ3) is 1.41. The molecule has 0 radical (unpaired) electrons. The molecule has 76 valence electrons. The highest BCUT2D eigenvalue weighted by Gasteiger charge is 2.56. The zero-order chi connectivity index (χ0) is 9.69. The molecule has 0 atom stereocenters. The first-order chi connectivity index (χ1) is 5.99. The monoisotopic (exact) mass is 181 g/mol. The Bertz CT molecular complexity index is 193. The van der Waals surface area contributed by atoms with E-state index < -0.39 is 0 Å². The maximum absolute atomic E-state index is 2.61. The Hall–Kier alpha value is -0.0400. The van der Waals surface area contributed by atoms with Crippen molar-refractivity contribution in [1.82, 2.24) is 4.90 Å². The van der Waals surface area contributed by atoms with Gasteiger partial charge in [0, 0.05) is 19.1 Å². The van der Waals surface area contributed by atoms with Crippen molar-refractivity contribution in [2.75, 3.05) is 13.1 Å². The van der Waals surface area contributed by atoms with Crippen LogP contribution in [-0.2, 0) is 0 Å². The summed E-state index contributed by atoms with van der Waals surface area (Å²) >= 11 is 0. The molecule has 0 bridgehead atoms.